The Bertz CT molecular complexity index is 937. The second kappa shape index (κ2) is 7.46. The third-order valence-electron chi connectivity index (χ3n) is 3.09. The van der Waals surface area contributed by atoms with Crippen LogP contribution in [0, 0.1) is 11.6 Å². The molecule has 0 saturated heterocycles. The largest absolute Gasteiger partial charge is 0.253 e. The number of thiophene rings is 1. The van der Waals surface area contributed by atoms with E-state index in [1.54, 1.807) is 22.1 Å². The summed E-state index contributed by atoms with van der Waals surface area (Å²) in [5, 5.41) is 8.28. The van der Waals surface area contributed by atoms with E-state index in [0.717, 1.165) is 16.6 Å². The second-order valence-corrected chi connectivity index (χ2v) is 6.52. The molecule has 1 aromatic carbocycles. The molecule has 2 aromatic heterocycles. The lowest BCUT2D eigenvalue weighted by Gasteiger charge is -2.01. The summed E-state index contributed by atoms with van der Waals surface area (Å²) in [6.07, 6.45) is 3.06. The van der Waals surface area contributed by atoms with E-state index in [4.69, 9.17) is 0 Å². The van der Waals surface area contributed by atoms with Gasteiger partial charge in [-0.25, -0.2) is 13.5 Å². The van der Waals surface area contributed by atoms with Crippen molar-refractivity contribution in [3.63, 3.8) is 0 Å². The zero-order valence-corrected chi connectivity index (χ0v) is 14.2. The van der Waals surface area contributed by atoms with Crippen molar-refractivity contribution >= 4 is 28.9 Å². The molecule has 0 N–H and O–H groups in total. The van der Waals surface area contributed by atoms with Gasteiger partial charge in [-0.05, 0) is 23.6 Å². The van der Waals surface area contributed by atoms with Crippen LogP contribution in [0.4, 0.5) is 8.78 Å². The van der Waals surface area contributed by atoms with Crippen molar-refractivity contribution in [2.45, 2.75) is 0 Å². The molecule has 0 aliphatic carbocycles. The maximum atomic E-state index is 13.8. The molecule has 0 amide bonds. The molecule has 0 aliphatic heterocycles. The summed E-state index contributed by atoms with van der Waals surface area (Å²) in [6.45, 7) is 4.12. The van der Waals surface area contributed by atoms with Crippen LogP contribution in [0.1, 0.15) is 5.56 Å². The molecule has 3 aromatic rings. The molecule has 2 heterocycles. The molecular formula is C17H13F2N3S2. The molecule has 122 valence electrons. The highest BCUT2D eigenvalue weighted by Gasteiger charge is 2.08. The molecule has 0 bridgehead atoms. The first-order valence-corrected chi connectivity index (χ1v) is 8.80. The molecule has 3 nitrogen and oxygen atoms in total. The lowest BCUT2D eigenvalue weighted by atomic mass is 10.2. The predicted octanol–water partition coefficient (Wildman–Crippen LogP) is 4.53. The van der Waals surface area contributed by atoms with Gasteiger partial charge in [0, 0.05) is 17.0 Å². The van der Waals surface area contributed by atoms with Crippen LogP contribution >= 0.6 is 22.7 Å². The Balaban J connectivity index is 2.06. The molecule has 24 heavy (non-hydrogen) atoms. The Morgan fingerprint density at radius 3 is 2.79 bits per heavy atom. The summed E-state index contributed by atoms with van der Waals surface area (Å²) in [5.41, 5.74) is 1.08. The molecule has 0 atom stereocenters. The maximum Gasteiger partial charge on any atom is 0.206 e. The van der Waals surface area contributed by atoms with Crippen molar-refractivity contribution in [1.82, 2.24) is 4.68 Å². The van der Waals surface area contributed by atoms with Crippen LogP contribution in [0.2, 0.25) is 0 Å². The number of aromatic nitrogens is 1. The normalized spacial score (nSPS) is 12.2. The van der Waals surface area contributed by atoms with Gasteiger partial charge in [-0.2, -0.15) is 5.10 Å². The first kappa shape index (κ1) is 16.5. The quantitative estimate of drug-likeness (QED) is 0.472. The van der Waals surface area contributed by atoms with Crippen LogP contribution < -0.4 is 4.80 Å². The van der Waals surface area contributed by atoms with Gasteiger partial charge in [0.1, 0.15) is 11.6 Å². The van der Waals surface area contributed by atoms with E-state index in [1.807, 2.05) is 22.9 Å². The Kier molecular flexibility index (Phi) is 5.12. The SMILES string of the molecule is C=CCN=c1scc(-c2cccs2)n1N=Cc1ccc(F)cc1F. The van der Waals surface area contributed by atoms with Crippen molar-refractivity contribution in [3.05, 3.63) is 75.7 Å². The highest BCUT2D eigenvalue weighted by molar-refractivity contribution is 7.14. The van der Waals surface area contributed by atoms with Crippen LogP contribution in [0.5, 0.6) is 0 Å². The zero-order chi connectivity index (χ0) is 16.9. The number of halogens is 2. The molecule has 0 aliphatic rings. The van der Waals surface area contributed by atoms with Crippen molar-refractivity contribution < 1.29 is 8.78 Å². The van der Waals surface area contributed by atoms with Gasteiger partial charge in [0.05, 0.1) is 23.3 Å². The molecule has 0 spiro atoms. The van der Waals surface area contributed by atoms with Gasteiger partial charge >= 0.3 is 0 Å². The molecule has 0 fully saturated rings. The molecule has 7 heteroatoms. The van der Waals surface area contributed by atoms with E-state index in [9.17, 15) is 8.78 Å². The van der Waals surface area contributed by atoms with Gasteiger partial charge in [0.2, 0.25) is 4.80 Å². The topological polar surface area (TPSA) is 29.6 Å². The fourth-order valence-electron chi connectivity index (χ4n) is 1.98. The molecule has 0 radical (unpaired) electrons. The summed E-state index contributed by atoms with van der Waals surface area (Å²) in [5.74, 6) is -1.27. The summed E-state index contributed by atoms with van der Waals surface area (Å²) in [6, 6.07) is 7.32. The number of hydrogen-bond donors (Lipinski definition) is 0. The number of nitrogens with zero attached hydrogens (tertiary/aromatic N) is 3. The third kappa shape index (κ3) is 3.58. The minimum absolute atomic E-state index is 0.210. The fourth-order valence-corrected chi connectivity index (χ4v) is 3.62. The van der Waals surface area contributed by atoms with Crippen LogP contribution in [0.25, 0.3) is 10.6 Å². The Labute approximate surface area is 145 Å². The number of benzene rings is 1. The molecular weight excluding hydrogens is 348 g/mol. The van der Waals surface area contributed by atoms with Gasteiger partial charge in [0.25, 0.3) is 0 Å². The smallest absolute Gasteiger partial charge is 0.206 e. The first-order valence-electron chi connectivity index (χ1n) is 7.04. The van der Waals surface area contributed by atoms with Crippen LogP contribution in [-0.2, 0) is 0 Å². The second-order valence-electron chi connectivity index (χ2n) is 4.73. The zero-order valence-electron chi connectivity index (χ0n) is 12.5. The molecule has 0 saturated carbocycles. The summed E-state index contributed by atoms with van der Waals surface area (Å²) in [4.78, 5) is 6.11. The number of thiazole rings is 1. The van der Waals surface area contributed by atoms with E-state index >= 15 is 0 Å². The fraction of sp³-hybridized carbons (Fsp3) is 0.0588. The van der Waals surface area contributed by atoms with Gasteiger partial charge in [-0.1, -0.05) is 12.1 Å². The van der Waals surface area contributed by atoms with Crippen LogP contribution in [0.15, 0.2) is 63.8 Å². The highest BCUT2D eigenvalue weighted by atomic mass is 32.1. The Morgan fingerprint density at radius 1 is 1.21 bits per heavy atom. The summed E-state index contributed by atoms with van der Waals surface area (Å²) < 4.78 is 28.4. The van der Waals surface area contributed by atoms with E-state index in [2.05, 4.69) is 16.7 Å². The minimum Gasteiger partial charge on any atom is -0.253 e. The van der Waals surface area contributed by atoms with Crippen molar-refractivity contribution in [2.75, 3.05) is 6.54 Å². The van der Waals surface area contributed by atoms with Crippen LogP contribution in [-0.4, -0.2) is 17.4 Å². The minimum atomic E-state index is -0.656. The van der Waals surface area contributed by atoms with Gasteiger partial charge in [0.15, 0.2) is 0 Å². The Hall–Kier alpha value is -2.38. The highest BCUT2D eigenvalue weighted by Crippen LogP contribution is 2.25. The lowest BCUT2D eigenvalue weighted by molar-refractivity contribution is 0.582. The van der Waals surface area contributed by atoms with Crippen LogP contribution in [0.3, 0.4) is 0 Å². The summed E-state index contributed by atoms with van der Waals surface area (Å²) in [7, 11) is 0. The van der Waals surface area contributed by atoms with E-state index in [-0.39, 0.29) is 5.56 Å². The summed E-state index contributed by atoms with van der Waals surface area (Å²) >= 11 is 3.02. The van der Waals surface area contributed by atoms with E-state index in [1.165, 1.54) is 29.7 Å². The monoisotopic (exact) mass is 361 g/mol. The van der Waals surface area contributed by atoms with Gasteiger partial charge in [-0.3, -0.25) is 4.99 Å². The third-order valence-corrected chi connectivity index (χ3v) is 4.84. The lowest BCUT2D eigenvalue weighted by Crippen LogP contribution is -2.12. The van der Waals surface area contributed by atoms with Gasteiger partial charge in [-0.15, -0.1) is 29.3 Å². The van der Waals surface area contributed by atoms with E-state index < -0.39 is 11.6 Å². The average molecular weight is 361 g/mol. The maximum absolute atomic E-state index is 13.8. The van der Waals surface area contributed by atoms with Crippen molar-refractivity contribution in [1.29, 1.82) is 0 Å². The van der Waals surface area contributed by atoms with Gasteiger partial charge < -0.3 is 0 Å². The van der Waals surface area contributed by atoms with Crippen molar-refractivity contribution in [2.24, 2.45) is 10.1 Å². The number of hydrogen-bond acceptors (Lipinski definition) is 4. The van der Waals surface area contributed by atoms with Crippen molar-refractivity contribution in [3.8, 4) is 10.6 Å². The molecule has 0 unspecified atom stereocenters. The first-order chi connectivity index (χ1) is 11.7. The standard InChI is InChI=1S/C17H13F2N3S2/c1-2-7-20-17-22(15(11-24-17)16-4-3-8-23-16)21-10-12-5-6-13(18)9-14(12)19/h2-6,8-11H,1,7H2. The Morgan fingerprint density at radius 2 is 2.08 bits per heavy atom. The average Bonchev–Trinajstić information content (AvgIpc) is 3.21. The molecule has 3 rings (SSSR count). The van der Waals surface area contributed by atoms with E-state index in [0.29, 0.717) is 11.3 Å². The number of rotatable bonds is 5. The predicted molar refractivity (Wildman–Crippen MR) is 95.6 cm³/mol.